The van der Waals surface area contributed by atoms with Crippen LogP contribution in [0.2, 0.25) is 0 Å². The lowest BCUT2D eigenvalue weighted by molar-refractivity contribution is -0.137. The van der Waals surface area contributed by atoms with Gasteiger partial charge in [0.2, 0.25) is 5.91 Å². The van der Waals surface area contributed by atoms with Crippen molar-refractivity contribution in [3.8, 4) is 5.75 Å². The summed E-state index contributed by atoms with van der Waals surface area (Å²) < 4.78 is 4.98. The zero-order valence-corrected chi connectivity index (χ0v) is 11.7. The van der Waals surface area contributed by atoms with Crippen LogP contribution < -0.4 is 10.9 Å². The van der Waals surface area contributed by atoms with E-state index >= 15 is 0 Å². The standard InChI is InChI=1S/C15H15NO6/c17-10-3-4-11-9(7-15(21)22-12(11)8-10)6-13(18)16-5-1-2-14(19)20/h3-4,7-8,17H,1-2,5-6H2,(H,16,18)(H,19,20). The fourth-order valence-electron chi connectivity index (χ4n) is 2.07. The molecule has 2 aromatic rings. The molecular formula is C15H15NO6. The van der Waals surface area contributed by atoms with E-state index < -0.39 is 11.6 Å². The van der Waals surface area contributed by atoms with Crippen LogP contribution in [0.4, 0.5) is 0 Å². The van der Waals surface area contributed by atoms with E-state index in [1.54, 1.807) is 6.07 Å². The summed E-state index contributed by atoms with van der Waals surface area (Å²) in [6.07, 6.45) is 0.296. The predicted molar refractivity (Wildman–Crippen MR) is 77.7 cm³/mol. The van der Waals surface area contributed by atoms with Crippen molar-refractivity contribution < 1.29 is 24.2 Å². The molecular weight excluding hydrogens is 290 g/mol. The number of amides is 1. The molecule has 1 amide bonds. The number of hydrogen-bond acceptors (Lipinski definition) is 5. The van der Waals surface area contributed by atoms with E-state index in [1.165, 1.54) is 18.2 Å². The minimum absolute atomic E-state index is 0.0165. The lowest BCUT2D eigenvalue weighted by atomic mass is 10.1. The van der Waals surface area contributed by atoms with Crippen LogP contribution in [0.3, 0.4) is 0 Å². The molecule has 0 saturated heterocycles. The van der Waals surface area contributed by atoms with E-state index in [9.17, 15) is 19.5 Å². The van der Waals surface area contributed by atoms with Crippen LogP contribution in [0.15, 0.2) is 33.5 Å². The average Bonchev–Trinajstić information content (AvgIpc) is 2.42. The highest BCUT2D eigenvalue weighted by Crippen LogP contribution is 2.21. The number of fused-ring (bicyclic) bond motifs is 1. The third-order valence-corrected chi connectivity index (χ3v) is 3.05. The Morgan fingerprint density at radius 3 is 2.73 bits per heavy atom. The Labute approximate surface area is 125 Å². The smallest absolute Gasteiger partial charge is 0.336 e. The van der Waals surface area contributed by atoms with Crippen LogP contribution in [0.5, 0.6) is 5.75 Å². The van der Waals surface area contributed by atoms with Gasteiger partial charge in [-0.15, -0.1) is 0 Å². The quantitative estimate of drug-likeness (QED) is 0.542. The summed E-state index contributed by atoms with van der Waals surface area (Å²) in [6, 6.07) is 5.55. The van der Waals surface area contributed by atoms with Gasteiger partial charge in [-0.2, -0.15) is 0 Å². The maximum absolute atomic E-state index is 11.8. The number of hydrogen-bond donors (Lipinski definition) is 3. The summed E-state index contributed by atoms with van der Waals surface area (Å²) >= 11 is 0. The number of aliphatic carboxylic acids is 1. The molecule has 0 atom stereocenters. The van der Waals surface area contributed by atoms with Gasteiger partial charge in [0.1, 0.15) is 11.3 Å². The lowest BCUT2D eigenvalue weighted by Gasteiger charge is -2.07. The molecule has 1 aromatic carbocycles. The SMILES string of the molecule is O=C(O)CCCNC(=O)Cc1cc(=O)oc2cc(O)ccc12. The predicted octanol–water partition coefficient (Wildman–Crippen LogP) is 1.02. The molecule has 0 spiro atoms. The third kappa shape index (κ3) is 4.08. The molecule has 0 aliphatic rings. The monoisotopic (exact) mass is 305 g/mol. The summed E-state index contributed by atoms with van der Waals surface area (Å²) in [6.45, 7) is 0.255. The molecule has 0 unspecified atom stereocenters. The number of carbonyl (C=O) groups excluding carboxylic acids is 1. The van der Waals surface area contributed by atoms with Gasteiger partial charge in [-0.1, -0.05) is 0 Å². The van der Waals surface area contributed by atoms with Crippen molar-refractivity contribution in [2.75, 3.05) is 6.54 Å². The highest BCUT2D eigenvalue weighted by Gasteiger charge is 2.10. The molecule has 3 N–H and O–H groups in total. The first-order chi connectivity index (χ1) is 10.5. The maximum atomic E-state index is 11.8. The first-order valence-electron chi connectivity index (χ1n) is 6.70. The van der Waals surface area contributed by atoms with Crippen molar-refractivity contribution in [1.29, 1.82) is 0 Å². The number of rotatable bonds is 6. The molecule has 116 valence electrons. The molecule has 2 rings (SSSR count). The number of nitrogens with one attached hydrogen (secondary N) is 1. The van der Waals surface area contributed by atoms with E-state index in [-0.39, 0.29) is 36.6 Å². The topological polar surface area (TPSA) is 117 Å². The minimum atomic E-state index is -0.916. The van der Waals surface area contributed by atoms with Gasteiger partial charge in [-0.3, -0.25) is 9.59 Å². The fourth-order valence-corrected chi connectivity index (χ4v) is 2.07. The molecule has 0 radical (unpaired) electrons. The summed E-state index contributed by atoms with van der Waals surface area (Å²) in [5, 5.41) is 21.1. The van der Waals surface area contributed by atoms with Gasteiger partial charge in [0.05, 0.1) is 6.42 Å². The first-order valence-corrected chi connectivity index (χ1v) is 6.70. The Hall–Kier alpha value is -2.83. The Bertz CT molecular complexity index is 764. The third-order valence-electron chi connectivity index (χ3n) is 3.05. The highest BCUT2D eigenvalue weighted by molar-refractivity contribution is 5.87. The molecule has 0 saturated carbocycles. The van der Waals surface area contributed by atoms with Crippen LogP contribution >= 0.6 is 0 Å². The number of carboxylic acids is 1. The molecule has 0 fully saturated rings. The summed E-state index contributed by atoms with van der Waals surface area (Å²) in [7, 11) is 0. The normalized spacial score (nSPS) is 10.5. The molecule has 0 bridgehead atoms. The second kappa shape index (κ2) is 6.75. The Balaban J connectivity index is 2.09. The summed E-state index contributed by atoms with van der Waals surface area (Å²) in [5.74, 6) is -1.27. The Kier molecular flexibility index (Phi) is 4.77. The fraction of sp³-hybridized carbons (Fsp3) is 0.267. The summed E-state index contributed by atoms with van der Waals surface area (Å²) in [5.41, 5.74) is 0.0925. The Morgan fingerprint density at radius 2 is 2.00 bits per heavy atom. The van der Waals surface area contributed by atoms with E-state index in [2.05, 4.69) is 5.32 Å². The van der Waals surface area contributed by atoms with E-state index in [0.29, 0.717) is 17.4 Å². The van der Waals surface area contributed by atoms with Crippen molar-refractivity contribution >= 4 is 22.8 Å². The van der Waals surface area contributed by atoms with Crippen LogP contribution in [-0.4, -0.2) is 28.6 Å². The van der Waals surface area contributed by atoms with Crippen molar-refractivity contribution in [2.45, 2.75) is 19.3 Å². The molecule has 0 aliphatic heterocycles. The number of phenolic OH excluding ortho intramolecular Hbond substituents is 1. The van der Waals surface area contributed by atoms with Gasteiger partial charge in [0, 0.05) is 30.5 Å². The van der Waals surface area contributed by atoms with Crippen LogP contribution in [-0.2, 0) is 16.0 Å². The van der Waals surface area contributed by atoms with Gasteiger partial charge in [-0.05, 0) is 24.1 Å². The largest absolute Gasteiger partial charge is 0.508 e. The molecule has 7 heteroatoms. The van der Waals surface area contributed by atoms with Gasteiger partial charge in [0.15, 0.2) is 0 Å². The lowest BCUT2D eigenvalue weighted by Crippen LogP contribution is -2.26. The number of carbonyl (C=O) groups is 2. The average molecular weight is 305 g/mol. The highest BCUT2D eigenvalue weighted by atomic mass is 16.4. The number of phenols is 1. The zero-order chi connectivity index (χ0) is 16.1. The molecule has 22 heavy (non-hydrogen) atoms. The van der Waals surface area contributed by atoms with Crippen LogP contribution in [0.1, 0.15) is 18.4 Å². The van der Waals surface area contributed by atoms with Crippen molar-refractivity contribution in [3.63, 3.8) is 0 Å². The van der Waals surface area contributed by atoms with E-state index in [0.717, 1.165) is 0 Å². The zero-order valence-electron chi connectivity index (χ0n) is 11.7. The van der Waals surface area contributed by atoms with Gasteiger partial charge in [-0.25, -0.2) is 4.79 Å². The van der Waals surface area contributed by atoms with Crippen molar-refractivity contribution in [1.82, 2.24) is 5.32 Å². The number of aromatic hydroxyl groups is 1. The minimum Gasteiger partial charge on any atom is -0.508 e. The first kappa shape index (κ1) is 15.6. The maximum Gasteiger partial charge on any atom is 0.336 e. The van der Waals surface area contributed by atoms with Crippen molar-refractivity contribution in [3.05, 3.63) is 40.2 Å². The van der Waals surface area contributed by atoms with Crippen LogP contribution in [0, 0.1) is 0 Å². The molecule has 1 heterocycles. The second-order valence-corrected chi connectivity index (χ2v) is 4.80. The Morgan fingerprint density at radius 1 is 1.23 bits per heavy atom. The molecule has 0 aliphatic carbocycles. The van der Waals surface area contributed by atoms with Gasteiger partial charge < -0.3 is 19.9 Å². The van der Waals surface area contributed by atoms with E-state index in [1.807, 2.05) is 0 Å². The van der Waals surface area contributed by atoms with Gasteiger partial charge >= 0.3 is 11.6 Å². The number of benzene rings is 1. The number of carboxylic acid groups (broad SMARTS) is 1. The van der Waals surface area contributed by atoms with Gasteiger partial charge in [0.25, 0.3) is 0 Å². The van der Waals surface area contributed by atoms with Crippen molar-refractivity contribution in [2.24, 2.45) is 0 Å². The van der Waals surface area contributed by atoms with Crippen LogP contribution in [0.25, 0.3) is 11.0 Å². The molecule has 1 aromatic heterocycles. The summed E-state index contributed by atoms with van der Waals surface area (Å²) in [4.78, 5) is 33.7. The second-order valence-electron chi connectivity index (χ2n) is 4.80. The van der Waals surface area contributed by atoms with E-state index in [4.69, 9.17) is 9.52 Å². The molecule has 7 nitrogen and oxygen atoms in total.